The summed E-state index contributed by atoms with van der Waals surface area (Å²) in [7, 11) is 0. The second kappa shape index (κ2) is 8.44. The van der Waals surface area contributed by atoms with E-state index in [4.69, 9.17) is 11.6 Å². The van der Waals surface area contributed by atoms with Gasteiger partial charge in [-0.15, -0.1) is 0 Å². The van der Waals surface area contributed by atoms with Crippen LogP contribution in [0.15, 0.2) is 67.0 Å². The lowest BCUT2D eigenvalue weighted by atomic mass is 10.0. The first-order valence-electron chi connectivity index (χ1n) is 9.54. The van der Waals surface area contributed by atoms with E-state index < -0.39 is 0 Å². The Hall–Kier alpha value is -2.85. The largest absolute Gasteiger partial charge is 0.352 e. The fourth-order valence-electron chi connectivity index (χ4n) is 3.62. The van der Waals surface area contributed by atoms with Crippen LogP contribution < -0.4 is 10.2 Å². The van der Waals surface area contributed by atoms with Gasteiger partial charge in [-0.3, -0.25) is 9.78 Å². The Morgan fingerprint density at radius 1 is 1.11 bits per heavy atom. The predicted octanol–water partition coefficient (Wildman–Crippen LogP) is 4.79. The van der Waals surface area contributed by atoms with Gasteiger partial charge in [-0.2, -0.15) is 0 Å². The molecule has 0 saturated heterocycles. The van der Waals surface area contributed by atoms with Crippen LogP contribution in [0.3, 0.4) is 0 Å². The van der Waals surface area contributed by atoms with E-state index in [9.17, 15) is 4.79 Å². The van der Waals surface area contributed by atoms with Crippen molar-refractivity contribution in [1.29, 1.82) is 0 Å². The summed E-state index contributed by atoms with van der Waals surface area (Å²) in [5.74, 6) is -0.110. The monoisotopic (exact) mass is 391 g/mol. The normalized spacial score (nSPS) is 13.1. The van der Waals surface area contributed by atoms with Gasteiger partial charge >= 0.3 is 0 Å². The van der Waals surface area contributed by atoms with Crippen LogP contribution in [-0.2, 0) is 12.8 Å². The highest BCUT2D eigenvalue weighted by molar-refractivity contribution is 6.30. The summed E-state index contributed by atoms with van der Waals surface area (Å²) in [6.45, 7) is 1.48. The van der Waals surface area contributed by atoms with E-state index >= 15 is 0 Å². The van der Waals surface area contributed by atoms with Crippen molar-refractivity contribution in [2.45, 2.75) is 19.3 Å². The quantitative estimate of drug-likeness (QED) is 0.680. The molecule has 2 aromatic carbocycles. The van der Waals surface area contributed by atoms with Crippen molar-refractivity contribution in [3.8, 4) is 0 Å². The third-order valence-electron chi connectivity index (χ3n) is 5.00. The SMILES string of the molecule is O=C(NCCc1cccc(Cl)c1)c1cncc(N2CCCc3ccccc32)c1. The van der Waals surface area contributed by atoms with Crippen molar-refractivity contribution in [2.24, 2.45) is 0 Å². The summed E-state index contributed by atoms with van der Waals surface area (Å²) < 4.78 is 0. The number of pyridine rings is 1. The van der Waals surface area contributed by atoms with E-state index in [1.165, 1.54) is 11.3 Å². The summed E-state index contributed by atoms with van der Waals surface area (Å²) in [5, 5.41) is 3.69. The minimum atomic E-state index is -0.110. The van der Waals surface area contributed by atoms with Crippen molar-refractivity contribution in [1.82, 2.24) is 10.3 Å². The highest BCUT2D eigenvalue weighted by Crippen LogP contribution is 2.33. The van der Waals surface area contributed by atoms with Gasteiger partial charge in [0.1, 0.15) is 0 Å². The molecule has 1 aliphatic rings. The maximum atomic E-state index is 12.6. The number of amides is 1. The van der Waals surface area contributed by atoms with E-state index in [-0.39, 0.29) is 5.91 Å². The number of hydrogen-bond donors (Lipinski definition) is 1. The average Bonchev–Trinajstić information content (AvgIpc) is 2.73. The molecule has 1 amide bonds. The Morgan fingerprint density at radius 2 is 2.00 bits per heavy atom. The van der Waals surface area contributed by atoms with Crippen LogP contribution in [0, 0.1) is 0 Å². The van der Waals surface area contributed by atoms with Crippen LogP contribution >= 0.6 is 11.6 Å². The molecular weight excluding hydrogens is 370 g/mol. The molecular formula is C23H22ClN3O. The third kappa shape index (κ3) is 4.18. The second-order valence-corrected chi connectivity index (χ2v) is 7.39. The number of fused-ring (bicyclic) bond motifs is 1. The number of para-hydroxylation sites is 1. The highest BCUT2D eigenvalue weighted by atomic mass is 35.5. The first-order valence-corrected chi connectivity index (χ1v) is 9.91. The number of aryl methyl sites for hydroxylation is 1. The van der Waals surface area contributed by atoms with Crippen molar-refractivity contribution in [3.05, 3.63) is 88.7 Å². The van der Waals surface area contributed by atoms with Crippen molar-refractivity contribution >= 4 is 28.9 Å². The van der Waals surface area contributed by atoms with E-state index in [1.54, 1.807) is 6.20 Å². The van der Waals surface area contributed by atoms with Gasteiger partial charge in [-0.1, -0.05) is 41.9 Å². The van der Waals surface area contributed by atoms with Crippen LogP contribution in [0.1, 0.15) is 27.9 Å². The lowest BCUT2D eigenvalue weighted by molar-refractivity contribution is 0.0954. The average molecular weight is 392 g/mol. The molecule has 3 aromatic rings. The lowest BCUT2D eigenvalue weighted by Crippen LogP contribution is -2.27. The molecule has 4 rings (SSSR count). The molecule has 0 saturated carbocycles. The molecule has 1 aromatic heterocycles. The number of rotatable bonds is 5. The van der Waals surface area contributed by atoms with Crippen LogP contribution in [-0.4, -0.2) is 24.0 Å². The smallest absolute Gasteiger partial charge is 0.252 e. The molecule has 0 aliphatic carbocycles. The first-order chi connectivity index (χ1) is 13.7. The minimum Gasteiger partial charge on any atom is -0.352 e. The van der Waals surface area contributed by atoms with Gasteiger partial charge < -0.3 is 10.2 Å². The van der Waals surface area contributed by atoms with Crippen LogP contribution in [0.2, 0.25) is 5.02 Å². The van der Waals surface area contributed by atoms with Crippen molar-refractivity contribution < 1.29 is 4.79 Å². The molecule has 0 atom stereocenters. The zero-order valence-electron chi connectivity index (χ0n) is 15.6. The van der Waals surface area contributed by atoms with E-state index in [0.29, 0.717) is 17.1 Å². The first kappa shape index (κ1) is 18.5. The van der Waals surface area contributed by atoms with Crippen LogP contribution in [0.25, 0.3) is 0 Å². The molecule has 1 aliphatic heterocycles. The fourth-order valence-corrected chi connectivity index (χ4v) is 3.83. The molecule has 28 heavy (non-hydrogen) atoms. The zero-order valence-corrected chi connectivity index (χ0v) is 16.3. The molecule has 5 heteroatoms. The second-order valence-electron chi connectivity index (χ2n) is 6.95. The van der Waals surface area contributed by atoms with E-state index in [2.05, 4.69) is 39.5 Å². The Bertz CT molecular complexity index is 989. The number of nitrogens with one attached hydrogen (secondary N) is 1. The number of aromatic nitrogens is 1. The van der Waals surface area contributed by atoms with Crippen molar-refractivity contribution in [3.63, 3.8) is 0 Å². The van der Waals surface area contributed by atoms with E-state index in [1.807, 2.05) is 36.5 Å². The van der Waals surface area contributed by atoms with Gasteiger partial charge in [0.25, 0.3) is 5.91 Å². The Kier molecular flexibility index (Phi) is 5.58. The lowest BCUT2D eigenvalue weighted by Gasteiger charge is -2.31. The maximum absolute atomic E-state index is 12.6. The number of hydrogen-bond acceptors (Lipinski definition) is 3. The summed E-state index contributed by atoms with van der Waals surface area (Å²) >= 11 is 6.01. The zero-order chi connectivity index (χ0) is 19.3. The number of benzene rings is 2. The molecule has 1 N–H and O–H groups in total. The van der Waals surface area contributed by atoms with Crippen molar-refractivity contribution in [2.75, 3.05) is 18.0 Å². The summed E-state index contributed by atoms with van der Waals surface area (Å²) in [4.78, 5) is 19.1. The van der Waals surface area contributed by atoms with E-state index in [0.717, 1.165) is 37.1 Å². The van der Waals surface area contributed by atoms with Gasteiger partial charge in [0, 0.05) is 30.0 Å². The van der Waals surface area contributed by atoms with Gasteiger partial charge in [0.05, 0.1) is 17.4 Å². The molecule has 142 valence electrons. The topological polar surface area (TPSA) is 45.2 Å². The number of anilines is 2. The van der Waals surface area contributed by atoms with Gasteiger partial charge in [0.15, 0.2) is 0 Å². The molecule has 4 nitrogen and oxygen atoms in total. The number of carbonyl (C=O) groups excluding carboxylic acids is 1. The Balaban J connectivity index is 1.44. The molecule has 0 bridgehead atoms. The Labute approximate surface area is 170 Å². The van der Waals surface area contributed by atoms with Gasteiger partial charge in [0.2, 0.25) is 0 Å². The van der Waals surface area contributed by atoms with Crippen LogP contribution in [0.5, 0.6) is 0 Å². The summed E-state index contributed by atoms with van der Waals surface area (Å²) in [6.07, 6.45) is 6.36. The summed E-state index contributed by atoms with van der Waals surface area (Å²) in [5.41, 5.74) is 5.17. The molecule has 0 radical (unpaired) electrons. The van der Waals surface area contributed by atoms with Gasteiger partial charge in [-0.05, 0) is 54.7 Å². The fraction of sp³-hybridized carbons (Fsp3) is 0.217. The van der Waals surface area contributed by atoms with Gasteiger partial charge in [-0.25, -0.2) is 0 Å². The predicted molar refractivity (Wildman–Crippen MR) is 113 cm³/mol. The standard InChI is InChI=1S/C23H22ClN3O/c24-20-8-3-5-17(13-20)10-11-26-23(28)19-14-21(16-25-15-19)27-12-4-7-18-6-1-2-9-22(18)27/h1-3,5-6,8-9,13-16H,4,7,10-12H2,(H,26,28). The number of nitrogens with zero attached hydrogens (tertiary/aromatic N) is 2. The summed E-state index contributed by atoms with van der Waals surface area (Å²) in [6, 6.07) is 18.0. The minimum absolute atomic E-state index is 0.110. The number of carbonyl (C=O) groups is 1. The Morgan fingerprint density at radius 3 is 2.89 bits per heavy atom. The third-order valence-corrected chi connectivity index (χ3v) is 5.23. The maximum Gasteiger partial charge on any atom is 0.252 e. The van der Waals surface area contributed by atoms with Crippen LogP contribution in [0.4, 0.5) is 11.4 Å². The molecule has 0 spiro atoms. The molecule has 0 fully saturated rings. The number of halogens is 1. The highest BCUT2D eigenvalue weighted by Gasteiger charge is 2.19. The molecule has 2 heterocycles. The molecule has 0 unspecified atom stereocenters.